The second-order valence-electron chi connectivity index (χ2n) is 5.12. The number of hydrogen-bond donors (Lipinski definition) is 2. The van der Waals surface area contributed by atoms with Crippen molar-refractivity contribution in [3.05, 3.63) is 35.9 Å². The highest BCUT2D eigenvalue weighted by atomic mass is 16.3. The van der Waals surface area contributed by atoms with E-state index in [1.807, 2.05) is 18.2 Å². The van der Waals surface area contributed by atoms with Crippen LogP contribution in [0, 0.1) is 5.41 Å². The predicted molar refractivity (Wildman–Crippen MR) is 67.6 cm³/mol. The molecule has 0 bridgehead atoms. The molecule has 0 aliphatic carbocycles. The van der Waals surface area contributed by atoms with E-state index in [1.54, 1.807) is 0 Å². The molecule has 17 heavy (non-hydrogen) atoms. The van der Waals surface area contributed by atoms with E-state index < -0.39 is 0 Å². The zero-order valence-electron chi connectivity index (χ0n) is 10.2. The molecule has 1 aromatic carbocycles. The van der Waals surface area contributed by atoms with Gasteiger partial charge < -0.3 is 10.2 Å². The maximum absolute atomic E-state index is 9.44. The molecule has 0 atom stereocenters. The maximum atomic E-state index is 9.44. The van der Waals surface area contributed by atoms with E-state index in [0.717, 1.165) is 32.5 Å². The Bertz CT molecular complexity index is 335. The van der Waals surface area contributed by atoms with E-state index in [2.05, 4.69) is 17.0 Å². The Labute approximate surface area is 103 Å². The van der Waals surface area contributed by atoms with Crippen molar-refractivity contribution >= 4 is 0 Å². The van der Waals surface area contributed by atoms with Gasteiger partial charge in [0.25, 0.3) is 0 Å². The van der Waals surface area contributed by atoms with Crippen LogP contribution in [0.1, 0.15) is 18.4 Å². The van der Waals surface area contributed by atoms with E-state index in [1.165, 1.54) is 5.56 Å². The molecular formula is C14H21NO2. The van der Waals surface area contributed by atoms with E-state index in [0.29, 0.717) is 0 Å². The fourth-order valence-corrected chi connectivity index (χ4v) is 2.59. The molecule has 2 N–H and O–H groups in total. The smallest absolute Gasteiger partial charge is 0.0521 e. The molecule has 0 spiro atoms. The minimum Gasteiger partial charge on any atom is -0.396 e. The van der Waals surface area contributed by atoms with Gasteiger partial charge in [-0.2, -0.15) is 0 Å². The van der Waals surface area contributed by atoms with Gasteiger partial charge in [0.15, 0.2) is 0 Å². The van der Waals surface area contributed by atoms with E-state index in [4.69, 9.17) is 0 Å². The van der Waals surface area contributed by atoms with Crippen LogP contribution in [0.15, 0.2) is 30.3 Å². The number of piperidine rings is 1. The Balaban J connectivity index is 1.98. The molecule has 3 nitrogen and oxygen atoms in total. The monoisotopic (exact) mass is 235 g/mol. The molecule has 1 fully saturated rings. The quantitative estimate of drug-likeness (QED) is 0.825. The van der Waals surface area contributed by atoms with Crippen molar-refractivity contribution in [3.8, 4) is 0 Å². The molecule has 1 saturated heterocycles. The Kier molecular flexibility index (Phi) is 4.15. The number of rotatable bonds is 4. The summed E-state index contributed by atoms with van der Waals surface area (Å²) in [6.45, 7) is 2.90. The van der Waals surface area contributed by atoms with Gasteiger partial charge in [0.2, 0.25) is 0 Å². The summed E-state index contributed by atoms with van der Waals surface area (Å²) in [7, 11) is 0. The van der Waals surface area contributed by atoms with Crippen molar-refractivity contribution in [3.63, 3.8) is 0 Å². The summed E-state index contributed by atoms with van der Waals surface area (Å²) in [6, 6.07) is 10.4. The van der Waals surface area contributed by atoms with Gasteiger partial charge >= 0.3 is 0 Å². The topological polar surface area (TPSA) is 43.7 Å². The molecule has 3 heteroatoms. The summed E-state index contributed by atoms with van der Waals surface area (Å²) in [6.07, 6.45) is 1.97. The van der Waals surface area contributed by atoms with Gasteiger partial charge in [-0.25, -0.2) is 0 Å². The summed E-state index contributed by atoms with van der Waals surface area (Å²) in [5, 5.41) is 18.9. The first-order chi connectivity index (χ1) is 8.28. The lowest BCUT2D eigenvalue weighted by molar-refractivity contribution is -0.0132. The Morgan fingerprint density at radius 3 is 2.47 bits per heavy atom. The molecule has 1 aliphatic rings. The number of benzene rings is 1. The Morgan fingerprint density at radius 2 is 1.82 bits per heavy atom. The third kappa shape index (κ3) is 3.06. The fraction of sp³-hybridized carbons (Fsp3) is 0.571. The van der Waals surface area contributed by atoms with Gasteiger partial charge in [-0.15, -0.1) is 0 Å². The van der Waals surface area contributed by atoms with E-state index in [-0.39, 0.29) is 18.6 Å². The molecule has 0 unspecified atom stereocenters. The van der Waals surface area contributed by atoms with Gasteiger partial charge in [0, 0.05) is 18.5 Å². The van der Waals surface area contributed by atoms with Crippen LogP contribution in [0.5, 0.6) is 0 Å². The van der Waals surface area contributed by atoms with Crippen molar-refractivity contribution in [1.82, 2.24) is 4.90 Å². The van der Waals surface area contributed by atoms with Crippen molar-refractivity contribution < 1.29 is 10.2 Å². The van der Waals surface area contributed by atoms with Crippen LogP contribution in [-0.4, -0.2) is 41.4 Å². The van der Waals surface area contributed by atoms with Gasteiger partial charge in [0.05, 0.1) is 13.2 Å². The summed E-state index contributed by atoms with van der Waals surface area (Å²) >= 11 is 0. The molecule has 94 valence electrons. The van der Waals surface area contributed by atoms with E-state index >= 15 is 0 Å². The molecule has 1 aromatic rings. The van der Waals surface area contributed by atoms with Gasteiger partial charge in [-0.3, -0.25) is 4.90 Å². The molecular weight excluding hydrogens is 214 g/mol. The van der Waals surface area contributed by atoms with Crippen molar-refractivity contribution in [2.75, 3.05) is 26.3 Å². The fourth-order valence-electron chi connectivity index (χ4n) is 2.59. The van der Waals surface area contributed by atoms with Crippen molar-refractivity contribution in [1.29, 1.82) is 0 Å². The highest BCUT2D eigenvalue weighted by molar-refractivity contribution is 5.14. The van der Waals surface area contributed by atoms with Crippen LogP contribution in [0.2, 0.25) is 0 Å². The summed E-state index contributed by atoms with van der Waals surface area (Å²) < 4.78 is 0. The average molecular weight is 235 g/mol. The van der Waals surface area contributed by atoms with Gasteiger partial charge in [-0.1, -0.05) is 30.3 Å². The predicted octanol–water partition coefficient (Wildman–Crippen LogP) is 1.25. The van der Waals surface area contributed by atoms with Gasteiger partial charge in [0.1, 0.15) is 0 Å². The lowest BCUT2D eigenvalue weighted by Crippen LogP contribution is -2.47. The first-order valence-corrected chi connectivity index (χ1v) is 6.26. The van der Waals surface area contributed by atoms with Crippen LogP contribution >= 0.6 is 0 Å². The average Bonchev–Trinajstić information content (AvgIpc) is 2.40. The second kappa shape index (κ2) is 5.63. The molecule has 1 heterocycles. The van der Waals surface area contributed by atoms with Gasteiger partial charge in [-0.05, 0) is 24.9 Å². The van der Waals surface area contributed by atoms with Crippen LogP contribution in [0.3, 0.4) is 0 Å². The maximum Gasteiger partial charge on any atom is 0.0521 e. The summed E-state index contributed by atoms with van der Waals surface area (Å²) in [4.78, 5) is 2.32. The first-order valence-electron chi connectivity index (χ1n) is 6.26. The zero-order chi connectivity index (χ0) is 12.1. The summed E-state index contributed by atoms with van der Waals surface area (Å²) in [5.41, 5.74) is 0.992. The first kappa shape index (κ1) is 12.6. The molecule has 0 radical (unpaired) electrons. The number of nitrogens with zero attached hydrogens (tertiary/aromatic N) is 1. The lowest BCUT2D eigenvalue weighted by atomic mass is 9.81. The third-order valence-electron chi connectivity index (χ3n) is 3.66. The number of aliphatic hydroxyl groups excluding tert-OH is 2. The lowest BCUT2D eigenvalue weighted by Gasteiger charge is -2.40. The second-order valence-corrected chi connectivity index (χ2v) is 5.12. The van der Waals surface area contributed by atoms with Crippen molar-refractivity contribution in [2.24, 2.45) is 5.41 Å². The molecule has 2 rings (SSSR count). The van der Waals surface area contributed by atoms with Crippen molar-refractivity contribution in [2.45, 2.75) is 19.4 Å². The highest BCUT2D eigenvalue weighted by Gasteiger charge is 2.34. The standard InChI is InChI=1S/C14H21NO2/c16-11-14(12-17)7-4-8-15(10-14)9-13-5-2-1-3-6-13/h1-3,5-6,16-17H,4,7-12H2. The third-order valence-corrected chi connectivity index (χ3v) is 3.66. The minimum absolute atomic E-state index is 0.0782. The molecule has 0 aromatic heterocycles. The minimum atomic E-state index is -0.299. The van der Waals surface area contributed by atoms with Crippen LogP contribution in [0.25, 0.3) is 0 Å². The number of aliphatic hydroxyl groups is 2. The number of likely N-dealkylation sites (tertiary alicyclic amines) is 1. The van der Waals surface area contributed by atoms with Crippen LogP contribution in [0.4, 0.5) is 0 Å². The highest BCUT2D eigenvalue weighted by Crippen LogP contribution is 2.29. The molecule has 0 amide bonds. The number of hydrogen-bond acceptors (Lipinski definition) is 3. The Morgan fingerprint density at radius 1 is 1.12 bits per heavy atom. The Hall–Kier alpha value is -0.900. The largest absolute Gasteiger partial charge is 0.396 e. The van der Waals surface area contributed by atoms with E-state index in [9.17, 15) is 10.2 Å². The zero-order valence-corrected chi connectivity index (χ0v) is 10.2. The molecule has 0 saturated carbocycles. The molecule has 1 aliphatic heterocycles. The SMILES string of the molecule is OCC1(CO)CCCN(Cc2ccccc2)C1. The normalized spacial score (nSPS) is 20.4. The van der Waals surface area contributed by atoms with Crippen LogP contribution in [-0.2, 0) is 6.54 Å². The summed E-state index contributed by atoms with van der Waals surface area (Å²) in [5.74, 6) is 0. The van der Waals surface area contributed by atoms with Crippen LogP contribution < -0.4 is 0 Å².